The molecule has 3 heteroatoms. The lowest BCUT2D eigenvalue weighted by Gasteiger charge is -1.92. The van der Waals surface area contributed by atoms with E-state index in [0.29, 0.717) is 18.3 Å². The van der Waals surface area contributed by atoms with Crippen LogP contribution in [0.2, 0.25) is 0 Å². The van der Waals surface area contributed by atoms with Gasteiger partial charge in [-0.1, -0.05) is 27.7 Å². The summed E-state index contributed by atoms with van der Waals surface area (Å²) in [7, 11) is 0. The number of oxime groups is 1. The molecule has 0 aromatic rings. The molecule has 1 N–H and O–H groups in total. The van der Waals surface area contributed by atoms with E-state index in [2.05, 4.69) is 19.0 Å². The Morgan fingerprint density at radius 3 is 1.69 bits per heavy atom. The molecule has 0 aliphatic rings. The second-order valence-electron chi connectivity index (χ2n) is 3.72. The fraction of sp³-hybridized carbons (Fsp3) is 0.800. The summed E-state index contributed by atoms with van der Waals surface area (Å²) < 4.78 is 0. The molecule has 0 amide bonds. The number of hydrogen-bond acceptors (Lipinski definition) is 3. The van der Waals surface area contributed by atoms with E-state index in [1.807, 2.05) is 13.8 Å². The Morgan fingerprint density at radius 1 is 1.15 bits per heavy atom. The third kappa shape index (κ3) is 24.7. The zero-order valence-electron chi connectivity index (χ0n) is 9.03. The predicted octanol–water partition coefficient (Wildman–Crippen LogP) is 2.72. The van der Waals surface area contributed by atoms with E-state index in [1.165, 1.54) is 6.21 Å². The molecule has 0 saturated carbocycles. The standard InChI is InChI=1S/C5H11NO.C5H10O/c1-5(2)3-4-6-7;1-5(2)3-4-6/h4-5,7H,3H2,1-2H3;4-5H,3H2,1-2H3/b6-4+;. The van der Waals surface area contributed by atoms with Gasteiger partial charge in [0.05, 0.1) is 0 Å². The lowest BCUT2D eigenvalue weighted by molar-refractivity contribution is -0.108. The predicted molar refractivity (Wildman–Crippen MR) is 55.3 cm³/mol. The van der Waals surface area contributed by atoms with E-state index >= 15 is 0 Å². The van der Waals surface area contributed by atoms with Crippen molar-refractivity contribution in [2.45, 2.75) is 40.5 Å². The van der Waals surface area contributed by atoms with Crippen LogP contribution < -0.4 is 0 Å². The normalized spacial score (nSPS) is 10.3. The van der Waals surface area contributed by atoms with Crippen LogP contribution in [0.25, 0.3) is 0 Å². The number of rotatable bonds is 4. The average Bonchev–Trinajstić information content (AvgIpc) is 2.01. The molecule has 3 nitrogen and oxygen atoms in total. The molecule has 0 unspecified atom stereocenters. The molecule has 0 aliphatic carbocycles. The van der Waals surface area contributed by atoms with E-state index in [0.717, 1.165) is 12.7 Å². The van der Waals surface area contributed by atoms with Crippen LogP contribution in [-0.2, 0) is 4.79 Å². The van der Waals surface area contributed by atoms with E-state index in [1.54, 1.807) is 0 Å². The van der Waals surface area contributed by atoms with Gasteiger partial charge in [0, 0.05) is 12.6 Å². The number of carbonyl (C=O) groups excluding carboxylic acids is 1. The summed E-state index contributed by atoms with van der Waals surface area (Å²) >= 11 is 0. The van der Waals surface area contributed by atoms with Crippen molar-refractivity contribution in [3.05, 3.63) is 0 Å². The maximum atomic E-state index is 9.62. The molecule has 0 atom stereocenters. The second-order valence-corrected chi connectivity index (χ2v) is 3.72. The van der Waals surface area contributed by atoms with E-state index in [4.69, 9.17) is 5.21 Å². The SMILES string of the molecule is CC(C)C/C=N/O.CC(C)CC=O. The molecule has 0 aliphatic heterocycles. The highest BCUT2D eigenvalue weighted by molar-refractivity contribution is 5.56. The van der Waals surface area contributed by atoms with Crippen LogP contribution in [0.3, 0.4) is 0 Å². The van der Waals surface area contributed by atoms with Gasteiger partial charge in [0.1, 0.15) is 6.29 Å². The van der Waals surface area contributed by atoms with E-state index < -0.39 is 0 Å². The number of hydrogen-bond donors (Lipinski definition) is 1. The molecule has 0 aromatic carbocycles. The molecule has 0 radical (unpaired) electrons. The molecule has 0 fully saturated rings. The van der Waals surface area contributed by atoms with Crippen molar-refractivity contribution < 1.29 is 10.0 Å². The largest absolute Gasteiger partial charge is 0.411 e. The maximum Gasteiger partial charge on any atom is 0.120 e. The van der Waals surface area contributed by atoms with E-state index in [-0.39, 0.29) is 0 Å². The van der Waals surface area contributed by atoms with Crippen LogP contribution >= 0.6 is 0 Å². The Morgan fingerprint density at radius 2 is 1.62 bits per heavy atom. The topological polar surface area (TPSA) is 49.7 Å². The number of aldehydes is 1. The lowest BCUT2D eigenvalue weighted by Crippen LogP contribution is -1.85. The first kappa shape index (κ1) is 14.7. The first-order valence-corrected chi connectivity index (χ1v) is 4.64. The molecule has 0 aromatic heterocycles. The Bertz CT molecular complexity index is 131. The Hall–Kier alpha value is -0.860. The first-order valence-electron chi connectivity index (χ1n) is 4.64. The van der Waals surface area contributed by atoms with Gasteiger partial charge < -0.3 is 10.0 Å². The molecule has 0 heterocycles. The first-order chi connectivity index (χ1) is 6.04. The molecular weight excluding hydrogens is 166 g/mol. The summed E-state index contributed by atoms with van der Waals surface area (Å²) in [4.78, 5) is 9.62. The third-order valence-corrected chi connectivity index (χ3v) is 1.23. The van der Waals surface area contributed by atoms with Gasteiger partial charge in [-0.2, -0.15) is 0 Å². The quantitative estimate of drug-likeness (QED) is 0.318. The second kappa shape index (κ2) is 11.1. The van der Waals surface area contributed by atoms with E-state index in [9.17, 15) is 4.79 Å². The van der Waals surface area contributed by atoms with Crippen molar-refractivity contribution in [1.29, 1.82) is 0 Å². The zero-order chi connectivity index (χ0) is 10.7. The molecule has 78 valence electrons. The van der Waals surface area contributed by atoms with Crippen LogP contribution in [0.5, 0.6) is 0 Å². The van der Waals surface area contributed by atoms with Crippen LogP contribution in [-0.4, -0.2) is 17.7 Å². The van der Waals surface area contributed by atoms with Crippen LogP contribution in [0.15, 0.2) is 5.16 Å². The van der Waals surface area contributed by atoms with Gasteiger partial charge in [0.2, 0.25) is 0 Å². The Balaban J connectivity index is 0. The van der Waals surface area contributed by atoms with Crippen molar-refractivity contribution in [2.75, 3.05) is 0 Å². The van der Waals surface area contributed by atoms with Gasteiger partial charge in [0.15, 0.2) is 0 Å². The molecule has 0 rings (SSSR count). The van der Waals surface area contributed by atoms with Gasteiger partial charge in [-0.05, 0) is 18.3 Å². The number of nitrogens with zero attached hydrogens (tertiary/aromatic N) is 1. The van der Waals surface area contributed by atoms with Crippen LogP contribution in [0.4, 0.5) is 0 Å². The molecule has 0 spiro atoms. The fourth-order valence-electron chi connectivity index (χ4n) is 0.450. The molecule has 0 saturated heterocycles. The summed E-state index contributed by atoms with van der Waals surface area (Å²) in [6, 6.07) is 0. The highest BCUT2D eigenvalue weighted by Gasteiger charge is 1.86. The summed E-state index contributed by atoms with van der Waals surface area (Å²) in [6.45, 7) is 8.19. The van der Waals surface area contributed by atoms with Gasteiger partial charge in [-0.25, -0.2) is 0 Å². The van der Waals surface area contributed by atoms with Crippen molar-refractivity contribution in [1.82, 2.24) is 0 Å². The van der Waals surface area contributed by atoms with Gasteiger partial charge in [-0.15, -0.1) is 5.16 Å². The molecule has 13 heavy (non-hydrogen) atoms. The Labute approximate surface area is 80.8 Å². The summed E-state index contributed by atoms with van der Waals surface area (Å²) in [5.74, 6) is 1.12. The lowest BCUT2D eigenvalue weighted by atomic mass is 10.2. The van der Waals surface area contributed by atoms with Crippen LogP contribution in [0, 0.1) is 11.8 Å². The Kier molecular flexibility index (Phi) is 12.6. The fourth-order valence-corrected chi connectivity index (χ4v) is 0.450. The summed E-state index contributed by atoms with van der Waals surface area (Å²) in [6.07, 6.45) is 4.01. The summed E-state index contributed by atoms with van der Waals surface area (Å²) in [5, 5.41) is 10.7. The minimum atomic E-state index is 0.530. The number of carbonyl (C=O) groups is 1. The minimum Gasteiger partial charge on any atom is -0.411 e. The third-order valence-electron chi connectivity index (χ3n) is 1.23. The van der Waals surface area contributed by atoms with Gasteiger partial charge in [-0.3, -0.25) is 0 Å². The van der Waals surface area contributed by atoms with Gasteiger partial charge >= 0.3 is 0 Å². The highest BCUT2D eigenvalue weighted by atomic mass is 16.4. The highest BCUT2D eigenvalue weighted by Crippen LogP contribution is 1.93. The smallest absolute Gasteiger partial charge is 0.120 e. The minimum absolute atomic E-state index is 0.530. The van der Waals surface area contributed by atoms with Gasteiger partial charge in [0.25, 0.3) is 0 Å². The molecule has 0 bridgehead atoms. The van der Waals surface area contributed by atoms with Crippen LogP contribution in [0.1, 0.15) is 40.5 Å². The average molecular weight is 187 g/mol. The van der Waals surface area contributed by atoms with Crippen molar-refractivity contribution in [3.63, 3.8) is 0 Å². The van der Waals surface area contributed by atoms with Crippen molar-refractivity contribution in [2.24, 2.45) is 17.0 Å². The zero-order valence-corrected chi connectivity index (χ0v) is 9.03. The van der Waals surface area contributed by atoms with Crippen molar-refractivity contribution in [3.8, 4) is 0 Å². The maximum absolute atomic E-state index is 9.62. The monoisotopic (exact) mass is 187 g/mol. The summed E-state index contributed by atoms with van der Waals surface area (Å²) in [5.41, 5.74) is 0. The molecular formula is C10H21NO2. The van der Waals surface area contributed by atoms with Crippen molar-refractivity contribution >= 4 is 12.5 Å².